The van der Waals surface area contributed by atoms with Gasteiger partial charge in [-0.25, -0.2) is 18.4 Å². The zero-order valence-electron chi connectivity index (χ0n) is 21.4. The molecule has 0 radical (unpaired) electrons. The highest BCUT2D eigenvalue weighted by atomic mass is 35.5. The van der Waals surface area contributed by atoms with Crippen LogP contribution in [0.5, 0.6) is 0 Å². The van der Waals surface area contributed by atoms with Crippen molar-refractivity contribution in [1.82, 2.24) is 19.9 Å². The molecule has 0 unspecified atom stereocenters. The Morgan fingerprint density at radius 1 is 1.10 bits per heavy atom. The number of carbonyl (C=O) groups is 2. The Balaban J connectivity index is 1.71. The Morgan fingerprint density at radius 2 is 1.82 bits per heavy atom. The molecule has 0 bridgehead atoms. The summed E-state index contributed by atoms with van der Waals surface area (Å²) in [5.74, 6) is -1.16. The highest BCUT2D eigenvalue weighted by Crippen LogP contribution is 2.25. The van der Waals surface area contributed by atoms with Crippen LogP contribution in [-0.2, 0) is 21.9 Å². The van der Waals surface area contributed by atoms with Crippen molar-refractivity contribution in [3.05, 3.63) is 81.5 Å². The Morgan fingerprint density at radius 3 is 2.51 bits per heavy atom. The molecule has 2 aromatic carbocycles. The molecule has 0 fully saturated rings. The quantitative estimate of drug-likeness (QED) is 0.308. The molecule has 2 aromatic heterocycles. The summed E-state index contributed by atoms with van der Waals surface area (Å²) in [5, 5.41) is 6.66. The van der Waals surface area contributed by atoms with Gasteiger partial charge in [0, 0.05) is 30.9 Å². The van der Waals surface area contributed by atoms with Gasteiger partial charge in [0.25, 0.3) is 11.5 Å². The topological polar surface area (TPSA) is 152 Å². The average Bonchev–Trinajstić information content (AvgIpc) is 2.85. The molecule has 11 nitrogen and oxygen atoms in total. The molecule has 1 atom stereocenters. The fraction of sp³-hybridized carbons (Fsp3) is 0.192. The number of hydrogen-bond acceptors (Lipinski definition) is 7. The van der Waals surface area contributed by atoms with E-state index in [4.69, 9.17) is 11.6 Å². The third-order valence-corrected chi connectivity index (χ3v) is 6.71. The predicted molar refractivity (Wildman–Crippen MR) is 150 cm³/mol. The van der Waals surface area contributed by atoms with Gasteiger partial charge < -0.3 is 15.2 Å². The lowest BCUT2D eigenvalue weighted by atomic mass is 10.1. The van der Waals surface area contributed by atoms with Crippen LogP contribution < -0.4 is 20.9 Å². The molecule has 2 amide bonds. The van der Waals surface area contributed by atoms with Crippen LogP contribution in [0.1, 0.15) is 36.1 Å². The summed E-state index contributed by atoms with van der Waals surface area (Å²) in [4.78, 5) is 46.8. The summed E-state index contributed by atoms with van der Waals surface area (Å²) >= 11 is 6.23. The molecule has 0 aliphatic carbocycles. The maximum Gasteiger partial charge on any atom is 0.274 e. The summed E-state index contributed by atoms with van der Waals surface area (Å²) < 4.78 is 27.1. The molecule has 0 spiro atoms. The van der Waals surface area contributed by atoms with Gasteiger partial charge in [-0.1, -0.05) is 35.9 Å². The van der Waals surface area contributed by atoms with Gasteiger partial charge in [-0.2, -0.15) is 0 Å². The summed E-state index contributed by atoms with van der Waals surface area (Å²) in [7, 11) is -1.92. The van der Waals surface area contributed by atoms with Crippen LogP contribution in [-0.4, -0.2) is 41.0 Å². The van der Waals surface area contributed by atoms with Crippen molar-refractivity contribution < 1.29 is 18.0 Å². The summed E-state index contributed by atoms with van der Waals surface area (Å²) in [6.07, 6.45) is 2.40. The van der Waals surface area contributed by atoms with E-state index < -0.39 is 27.9 Å². The number of sulfonamides is 1. The monoisotopic (exact) mass is 568 g/mol. The zero-order chi connectivity index (χ0) is 28.5. The van der Waals surface area contributed by atoms with Crippen LogP contribution in [0, 0.1) is 0 Å². The van der Waals surface area contributed by atoms with Crippen LogP contribution in [0.25, 0.3) is 22.0 Å². The minimum Gasteiger partial charge on any atom is -0.343 e. The van der Waals surface area contributed by atoms with E-state index in [1.807, 2.05) is 0 Å². The molecular formula is C26H25ClN6O5S. The van der Waals surface area contributed by atoms with Crippen LogP contribution in [0.2, 0.25) is 5.02 Å². The Bertz CT molecular complexity index is 1790. The molecule has 0 aliphatic rings. The van der Waals surface area contributed by atoms with E-state index in [0.717, 1.165) is 6.26 Å². The normalized spacial score (nSPS) is 12.1. The fourth-order valence-electron chi connectivity index (χ4n) is 4.08. The number of halogens is 1. The minimum absolute atomic E-state index is 0.0550. The van der Waals surface area contributed by atoms with Gasteiger partial charge in [-0.3, -0.25) is 19.1 Å². The molecule has 4 rings (SSSR count). The first-order valence-corrected chi connectivity index (χ1v) is 13.9. The van der Waals surface area contributed by atoms with Crippen LogP contribution in [0.15, 0.2) is 59.5 Å². The number of rotatable bonds is 7. The maximum absolute atomic E-state index is 13.4. The summed E-state index contributed by atoms with van der Waals surface area (Å²) in [5.41, 5.74) is 1.11. The molecule has 4 aromatic rings. The molecule has 0 saturated carbocycles. The number of pyridine rings is 1. The first kappa shape index (κ1) is 27.7. The Hall–Kier alpha value is -4.29. The van der Waals surface area contributed by atoms with Crippen molar-refractivity contribution >= 4 is 55.7 Å². The van der Waals surface area contributed by atoms with E-state index in [-0.39, 0.29) is 22.8 Å². The van der Waals surface area contributed by atoms with Crippen molar-refractivity contribution in [2.24, 2.45) is 7.05 Å². The van der Waals surface area contributed by atoms with Crippen molar-refractivity contribution in [1.29, 1.82) is 0 Å². The van der Waals surface area contributed by atoms with E-state index in [9.17, 15) is 22.8 Å². The molecule has 39 heavy (non-hydrogen) atoms. The third-order valence-electron chi connectivity index (χ3n) is 5.79. The second-order valence-electron chi connectivity index (χ2n) is 8.92. The van der Waals surface area contributed by atoms with Gasteiger partial charge in [0.1, 0.15) is 0 Å². The first-order valence-electron chi connectivity index (χ1n) is 11.7. The maximum atomic E-state index is 13.4. The number of nitrogens with one attached hydrogen (secondary N) is 3. The molecule has 3 N–H and O–H groups in total. The van der Waals surface area contributed by atoms with Crippen LogP contribution in [0.4, 0.5) is 11.5 Å². The van der Waals surface area contributed by atoms with Crippen molar-refractivity contribution in [3.8, 4) is 11.3 Å². The van der Waals surface area contributed by atoms with Crippen LogP contribution in [0.3, 0.4) is 0 Å². The predicted octanol–water partition coefficient (Wildman–Crippen LogP) is 3.47. The average molecular weight is 569 g/mol. The molecule has 2 heterocycles. The van der Waals surface area contributed by atoms with E-state index >= 15 is 0 Å². The number of amides is 2. The number of carbonyl (C=O) groups excluding carboxylic acids is 2. The lowest BCUT2D eigenvalue weighted by Crippen LogP contribution is -2.33. The Kier molecular flexibility index (Phi) is 7.70. The number of hydrogen-bond donors (Lipinski definition) is 3. The summed E-state index contributed by atoms with van der Waals surface area (Å²) in [6.45, 7) is 2.98. The highest BCUT2D eigenvalue weighted by molar-refractivity contribution is 7.92. The number of anilines is 2. The van der Waals surface area contributed by atoms with Gasteiger partial charge in [0.2, 0.25) is 15.9 Å². The molecule has 13 heteroatoms. The number of nitrogens with zero attached hydrogens (tertiary/aromatic N) is 3. The first-order chi connectivity index (χ1) is 18.3. The Labute approximate surface area is 229 Å². The molecule has 0 aliphatic heterocycles. The molecular weight excluding hydrogens is 544 g/mol. The van der Waals surface area contributed by atoms with Gasteiger partial charge in [-0.05, 0) is 36.6 Å². The smallest absolute Gasteiger partial charge is 0.274 e. The number of fused-ring (bicyclic) bond motifs is 1. The standard InChI is InChI=1S/C26H25ClN6O5S/c1-14(21-12-17-8-6-10-19(27)22(17)26(36)33(21)3)29-25(35)23-24(30-15(2)34)28-13-20(31-23)16-7-5-9-18(11-16)32-39(4,37)38/h5-14,32H,1-4H3,(H,29,35)(H,28,30,34)/t14-/m0/s1. The molecule has 202 valence electrons. The number of aromatic nitrogens is 3. The van der Waals surface area contributed by atoms with Crippen molar-refractivity contribution in [2.75, 3.05) is 16.3 Å². The van der Waals surface area contributed by atoms with E-state index in [1.54, 1.807) is 62.5 Å². The molecule has 0 saturated heterocycles. The van der Waals surface area contributed by atoms with Gasteiger partial charge in [0.05, 0.1) is 34.6 Å². The van der Waals surface area contributed by atoms with E-state index in [1.165, 1.54) is 17.7 Å². The number of benzene rings is 2. The third kappa shape index (κ3) is 6.24. The fourth-order valence-corrected chi connectivity index (χ4v) is 4.90. The van der Waals surface area contributed by atoms with Crippen molar-refractivity contribution in [3.63, 3.8) is 0 Å². The summed E-state index contributed by atoms with van der Waals surface area (Å²) in [6, 6.07) is 12.7. The SMILES string of the molecule is CC(=O)Nc1ncc(-c2cccc(NS(C)(=O)=O)c2)nc1C(=O)N[C@@H](C)c1cc2cccc(Cl)c2c(=O)n1C. The zero-order valence-corrected chi connectivity index (χ0v) is 23.0. The highest BCUT2D eigenvalue weighted by Gasteiger charge is 2.22. The second kappa shape index (κ2) is 10.8. The largest absolute Gasteiger partial charge is 0.343 e. The van der Waals surface area contributed by atoms with Crippen LogP contribution >= 0.6 is 11.6 Å². The lowest BCUT2D eigenvalue weighted by Gasteiger charge is -2.19. The van der Waals surface area contributed by atoms with E-state index in [0.29, 0.717) is 32.7 Å². The van der Waals surface area contributed by atoms with Gasteiger partial charge in [0.15, 0.2) is 11.5 Å². The second-order valence-corrected chi connectivity index (χ2v) is 11.1. The van der Waals surface area contributed by atoms with Crippen molar-refractivity contribution in [2.45, 2.75) is 19.9 Å². The lowest BCUT2D eigenvalue weighted by molar-refractivity contribution is -0.114. The van der Waals surface area contributed by atoms with E-state index in [2.05, 4.69) is 25.3 Å². The van der Waals surface area contributed by atoms with Gasteiger partial charge >= 0.3 is 0 Å². The minimum atomic E-state index is -3.51. The van der Waals surface area contributed by atoms with Gasteiger partial charge in [-0.15, -0.1) is 0 Å².